The summed E-state index contributed by atoms with van der Waals surface area (Å²) >= 11 is 12.2. The van der Waals surface area contributed by atoms with Gasteiger partial charge in [-0.2, -0.15) is 0 Å². The van der Waals surface area contributed by atoms with Gasteiger partial charge in [0.05, 0.1) is 7.11 Å². The van der Waals surface area contributed by atoms with Crippen molar-refractivity contribution in [2.24, 2.45) is 0 Å². The Labute approximate surface area is 143 Å². The molecule has 0 aromatic heterocycles. The second kappa shape index (κ2) is 6.89. The molecule has 0 spiro atoms. The first-order chi connectivity index (χ1) is 11.1. The van der Waals surface area contributed by atoms with E-state index in [1.165, 1.54) is 7.11 Å². The first kappa shape index (κ1) is 16.3. The second-order valence-electron chi connectivity index (χ2n) is 5.04. The van der Waals surface area contributed by atoms with E-state index in [0.29, 0.717) is 15.6 Å². The van der Waals surface area contributed by atoms with E-state index in [-0.39, 0.29) is 0 Å². The highest BCUT2D eigenvalue weighted by atomic mass is 35.5. The molecule has 0 bridgehead atoms. The van der Waals surface area contributed by atoms with Gasteiger partial charge in [-0.3, -0.25) is 0 Å². The third-order valence-electron chi connectivity index (χ3n) is 3.59. The SMILES string of the molecule is COC(=O)C1OC(c2ccccc2)O[C@@H]1c1ccc(Cl)cc1Cl. The van der Waals surface area contributed by atoms with Crippen LogP contribution in [0.3, 0.4) is 0 Å². The van der Waals surface area contributed by atoms with Crippen LogP contribution in [0.25, 0.3) is 0 Å². The number of rotatable bonds is 3. The standard InChI is InChI=1S/C17H14Cl2O4/c1-21-16(20)15-14(12-8-7-11(18)9-13(12)19)22-17(23-15)10-5-3-2-4-6-10/h2-9,14-15,17H,1H3/t14-,15?,17?/m1/s1. The molecule has 120 valence electrons. The predicted octanol–water partition coefficient (Wildman–Crippen LogP) is 4.32. The van der Waals surface area contributed by atoms with Crippen LogP contribution < -0.4 is 0 Å². The fourth-order valence-electron chi connectivity index (χ4n) is 2.47. The van der Waals surface area contributed by atoms with Gasteiger partial charge in [0.25, 0.3) is 0 Å². The number of carbonyl (C=O) groups is 1. The van der Waals surface area contributed by atoms with Crippen molar-refractivity contribution in [3.05, 3.63) is 69.7 Å². The van der Waals surface area contributed by atoms with Gasteiger partial charge in [0.1, 0.15) is 6.10 Å². The molecule has 6 heteroatoms. The Bertz CT molecular complexity index is 705. The lowest BCUT2D eigenvalue weighted by Crippen LogP contribution is -2.27. The number of carbonyl (C=O) groups excluding carboxylic acids is 1. The van der Waals surface area contributed by atoms with Gasteiger partial charge in [-0.25, -0.2) is 4.79 Å². The molecule has 1 aliphatic heterocycles. The molecule has 0 amide bonds. The smallest absolute Gasteiger partial charge is 0.338 e. The molecule has 0 N–H and O–H groups in total. The van der Waals surface area contributed by atoms with Crippen molar-refractivity contribution in [1.29, 1.82) is 0 Å². The van der Waals surface area contributed by atoms with E-state index in [1.807, 2.05) is 30.3 Å². The third-order valence-corrected chi connectivity index (χ3v) is 4.15. The molecule has 3 atom stereocenters. The zero-order valence-corrected chi connectivity index (χ0v) is 13.8. The van der Waals surface area contributed by atoms with Gasteiger partial charge in [0.2, 0.25) is 0 Å². The van der Waals surface area contributed by atoms with Crippen LogP contribution in [-0.2, 0) is 19.0 Å². The first-order valence-electron chi connectivity index (χ1n) is 6.99. The summed E-state index contributed by atoms with van der Waals surface area (Å²) in [5.41, 5.74) is 1.44. The van der Waals surface area contributed by atoms with Crippen LogP contribution in [-0.4, -0.2) is 19.2 Å². The summed E-state index contributed by atoms with van der Waals surface area (Å²) in [6.07, 6.45) is -2.24. The van der Waals surface area contributed by atoms with Crippen molar-refractivity contribution in [3.63, 3.8) is 0 Å². The minimum atomic E-state index is -0.899. The average molecular weight is 353 g/mol. The molecule has 3 rings (SSSR count). The van der Waals surface area contributed by atoms with E-state index in [1.54, 1.807) is 18.2 Å². The zero-order valence-electron chi connectivity index (χ0n) is 12.2. The normalized spacial score (nSPS) is 23.7. The number of ether oxygens (including phenoxy) is 3. The number of esters is 1. The maximum absolute atomic E-state index is 12.1. The van der Waals surface area contributed by atoms with E-state index in [2.05, 4.69) is 0 Å². The molecule has 0 aliphatic carbocycles. The molecule has 2 aromatic rings. The summed E-state index contributed by atoms with van der Waals surface area (Å²) in [5, 5.41) is 0.917. The van der Waals surface area contributed by atoms with Crippen molar-refractivity contribution in [2.75, 3.05) is 7.11 Å². The lowest BCUT2D eigenvalue weighted by molar-refractivity contribution is -0.154. The molecule has 1 saturated heterocycles. The quantitative estimate of drug-likeness (QED) is 0.771. The van der Waals surface area contributed by atoms with E-state index in [9.17, 15) is 4.79 Å². The highest BCUT2D eigenvalue weighted by molar-refractivity contribution is 6.35. The summed E-state index contributed by atoms with van der Waals surface area (Å²) < 4.78 is 16.5. The van der Waals surface area contributed by atoms with Crippen LogP contribution in [0.15, 0.2) is 48.5 Å². The van der Waals surface area contributed by atoms with Crippen LogP contribution in [0.2, 0.25) is 10.0 Å². The van der Waals surface area contributed by atoms with Gasteiger partial charge < -0.3 is 14.2 Å². The fourth-order valence-corrected chi connectivity index (χ4v) is 2.99. The Morgan fingerprint density at radius 3 is 2.48 bits per heavy atom. The molecule has 2 unspecified atom stereocenters. The van der Waals surface area contributed by atoms with Crippen LogP contribution in [0.5, 0.6) is 0 Å². The van der Waals surface area contributed by atoms with Gasteiger partial charge in [0.15, 0.2) is 12.4 Å². The number of benzene rings is 2. The summed E-state index contributed by atoms with van der Waals surface area (Å²) in [4.78, 5) is 12.1. The molecule has 1 heterocycles. The summed E-state index contributed by atoms with van der Waals surface area (Å²) in [5.74, 6) is -0.514. The first-order valence-corrected chi connectivity index (χ1v) is 7.74. The summed E-state index contributed by atoms with van der Waals surface area (Å²) in [6.45, 7) is 0. The van der Waals surface area contributed by atoms with Crippen LogP contribution in [0, 0.1) is 0 Å². The van der Waals surface area contributed by atoms with Crippen molar-refractivity contribution >= 4 is 29.2 Å². The maximum atomic E-state index is 12.1. The van der Waals surface area contributed by atoms with Crippen molar-refractivity contribution in [1.82, 2.24) is 0 Å². The zero-order chi connectivity index (χ0) is 16.4. The van der Waals surface area contributed by atoms with Crippen molar-refractivity contribution in [3.8, 4) is 0 Å². The van der Waals surface area contributed by atoms with Gasteiger partial charge in [0, 0.05) is 21.2 Å². The minimum absolute atomic E-state index is 0.411. The van der Waals surface area contributed by atoms with Crippen LogP contribution in [0.1, 0.15) is 23.5 Å². The summed E-state index contributed by atoms with van der Waals surface area (Å²) in [7, 11) is 1.31. The largest absolute Gasteiger partial charge is 0.467 e. The molecular weight excluding hydrogens is 339 g/mol. The highest BCUT2D eigenvalue weighted by Gasteiger charge is 2.43. The number of hydrogen-bond donors (Lipinski definition) is 0. The Kier molecular flexibility index (Phi) is 4.87. The maximum Gasteiger partial charge on any atom is 0.338 e. The third kappa shape index (κ3) is 3.35. The van der Waals surface area contributed by atoms with Gasteiger partial charge in [-0.15, -0.1) is 0 Å². The Hall–Kier alpha value is -1.59. The van der Waals surface area contributed by atoms with Crippen molar-refractivity contribution < 1.29 is 19.0 Å². The molecule has 23 heavy (non-hydrogen) atoms. The number of halogens is 2. The number of hydrogen-bond acceptors (Lipinski definition) is 4. The van der Waals surface area contributed by atoms with E-state index >= 15 is 0 Å². The molecular formula is C17H14Cl2O4. The van der Waals surface area contributed by atoms with E-state index < -0.39 is 24.5 Å². The highest BCUT2D eigenvalue weighted by Crippen LogP contribution is 2.42. The summed E-state index contributed by atoms with van der Waals surface area (Å²) in [6, 6.07) is 14.4. The van der Waals surface area contributed by atoms with E-state index in [4.69, 9.17) is 37.4 Å². The molecule has 4 nitrogen and oxygen atoms in total. The van der Waals surface area contributed by atoms with Gasteiger partial charge >= 0.3 is 5.97 Å². The molecule has 0 radical (unpaired) electrons. The minimum Gasteiger partial charge on any atom is -0.467 e. The topological polar surface area (TPSA) is 44.8 Å². The molecule has 0 saturated carbocycles. The van der Waals surface area contributed by atoms with Gasteiger partial charge in [-0.05, 0) is 12.1 Å². The predicted molar refractivity (Wildman–Crippen MR) is 86.4 cm³/mol. The van der Waals surface area contributed by atoms with Gasteiger partial charge in [-0.1, -0.05) is 59.6 Å². The molecule has 1 fully saturated rings. The lowest BCUT2D eigenvalue weighted by Gasteiger charge is -2.16. The lowest BCUT2D eigenvalue weighted by atomic mass is 10.0. The monoisotopic (exact) mass is 352 g/mol. The van der Waals surface area contributed by atoms with Crippen LogP contribution in [0.4, 0.5) is 0 Å². The molecule has 2 aromatic carbocycles. The van der Waals surface area contributed by atoms with Crippen LogP contribution >= 0.6 is 23.2 Å². The van der Waals surface area contributed by atoms with E-state index in [0.717, 1.165) is 5.56 Å². The van der Waals surface area contributed by atoms with Crippen molar-refractivity contribution in [2.45, 2.75) is 18.5 Å². The Morgan fingerprint density at radius 1 is 1.09 bits per heavy atom. The Balaban J connectivity index is 1.94. The molecule has 1 aliphatic rings. The average Bonchev–Trinajstić information content (AvgIpc) is 3.00. The fraction of sp³-hybridized carbons (Fsp3) is 0.235. The number of methoxy groups -OCH3 is 1. The second-order valence-corrected chi connectivity index (χ2v) is 5.89. The Morgan fingerprint density at radius 2 is 1.83 bits per heavy atom.